The lowest BCUT2D eigenvalue weighted by Gasteiger charge is -2.15. The molecule has 0 aliphatic carbocycles. The molecule has 3 rings (SSSR count). The van der Waals surface area contributed by atoms with Gasteiger partial charge in [-0.15, -0.1) is 0 Å². The average Bonchev–Trinajstić information content (AvgIpc) is 2.67. The van der Waals surface area contributed by atoms with Crippen LogP contribution in [0.15, 0.2) is 52.1 Å². The Hall–Kier alpha value is -3.14. The first-order valence-electron chi connectivity index (χ1n) is 8.22. The monoisotopic (exact) mass is 395 g/mol. The molecule has 10 heteroatoms. The summed E-state index contributed by atoms with van der Waals surface area (Å²) in [6.45, 7) is -0.557. The lowest BCUT2D eigenvalue weighted by Crippen LogP contribution is -2.43. The molecular formula is C18H16F3N3O4. The maximum atomic E-state index is 12.8. The second-order valence-corrected chi connectivity index (χ2v) is 6.10. The lowest BCUT2D eigenvalue weighted by molar-refractivity contribution is -0.141. The van der Waals surface area contributed by atoms with Crippen LogP contribution in [0.1, 0.15) is 5.69 Å². The molecule has 0 saturated heterocycles. The van der Waals surface area contributed by atoms with Crippen molar-refractivity contribution in [3.8, 4) is 5.75 Å². The van der Waals surface area contributed by atoms with Crippen LogP contribution in [0.2, 0.25) is 0 Å². The Balaban J connectivity index is 1.91. The fourth-order valence-corrected chi connectivity index (χ4v) is 2.67. The topological polar surface area (TPSA) is 86.4 Å². The summed E-state index contributed by atoms with van der Waals surface area (Å²) in [5, 5.41) is 9.97. The van der Waals surface area contributed by atoms with E-state index in [0.29, 0.717) is 11.8 Å². The zero-order chi connectivity index (χ0) is 20.5. The summed E-state index contributed by atoms with van der Waals surface area (Å²) in [7, 11) is 1.21. The lowest BCUT2D eigenvalue weighted by atomic mass is 10.2. The molecule has 1 N–H and O–H groups in total. The van der Waals surface area contributed by atoms with Gasteiger partial charge >= 0.3 is 11.9 Å². The predicted molar refractivity (Wildman–Crippen MR) is 94.2 cm³/mol. The van der Waals surface area contributed by atoms with Gasteiger partial charge in [-0.1, -0.05) is 18.2 Å². The highest BCUT2D eigenvalue weighted by molar-refractivity contribution is 5.74. The number of rotatable bonds is 5. The standard InChI is InChI=1S/C18H16F3N3O4/c1-23-15-13(7-8-14(22-15)18(19,20)21)16(26)24(17(23)27)9-11(25)10-28-12-5-3-2-4-6-12/h2-8,11,25H,9-10H2,1H3/t11-/m1/s1. The van der Waals surface area contributed by atoms with Gasteiger partial charge in [-0.05, 0) is 24.3 Å². The molecule has 148 valence electrons. The van der Waals surface area contributed by atoms with Crippen molar-refractivity contribution in [2.24, 2.45) is 7.05 Å². The van der Waals surface area contributed by atoms with E-state index in [1.165, 1.54) is 7.05 Å². The minimum absolute atomic E-state index is 0.161. The van der Waals surface area contributed by atoms with Gasteiger partial charge in [-0.3, -0.25) is 13.9 Å². The first kappa shape index (κ1) is 19.6. The Morgan fingerprint density at radius 2 is 1.82 bits per heavy atom. The van der Waals surface area contributed by atoms with Gasteiger partial charge in [-0.2, -0.15) is 13.2 Å². The smallest absolute Gasteiger partial charge is 0.433 e. The van der Waals surface area contributed by atoms with Crippen LogP contribution in [0.4, 0.5) is 13.2 Å². The van der Waals surface area contributed by atoms with E-state index in [4.69, 9.17) is 4.74 Å². The van der Waals surface area contributed by atoms with Gasteiger partial charge in [0, 0.05) is 7.05 Å². The van der Waals surface area contributed by atoms with E-state index in [0.717, 1.165) is 15.2 Å². The van der Waals surface area contributed by atoms with Crippen LogP contribution in [0, 0.1) is 0 Å². The molecule has 0 spiro atoms. The molecule has 2 aromatic heterocycles. The van der Waals surface area contributed by atoms with Gasteiger partial charge < -0.3 is 9.84 Å². The second-order valence-electron chi connectivity index (χ2n) is 6.10. The van der Waals surface area contributed by atoms with Crippen LogP contribution in [-0.2, 0) is 19.8 Å². The molecule has 0 radical (unpaired) electrons. The Kier molecular flexibility index (Phi) is 5.23. The third kappa shape index (κ3) is 3.91. The van der Waals surface area contributed by atoms with Crippen molar-refractivity contribution in [3.63, 3.8) is 0 Å². The van der Waals surface area contributed by atoms with E-state index in [9.17, 15) is 27.9 Å². The summed E-state index contributed by atoms with van der Waals surface area (Å²) in [5.41, 5.74) is -3.30. The van der Waals surface area contributed by atoms with Crippen molar-refractivity contribution in [2.45, 2.75) is 18.8 Å². The number of aryl methyl sites for hydroxylation is 1. The first-order chi connectivity index (χ1) is 13.2. The van der Waals surface area contributed by atoms with E-state index in [1.54, 1.807) is 30.3 Å². The zero-order valence-electron chi connectivity index (χ0n) is 14.7. The number of aliphatic hydroxyl groups excluding tert-OH is 1. The van der Waals surface area contributed by atoms with Gasteiger partial charge in [0.25, 0.3) is 5.56 Å². The molecule has 0 bridgehead atoms. The number of pyridine rings is 1. The molecule has 28 heavy (non-hydrogen) atoms. The molecule has 3 aromatic rings. The third-order valence-electron chi connectivity index (χ3n) is 4.06. The molecule has 0 fully saturated rings. The molecule has 2 heterocycles. The van der Waals surface area contributed by atoms with Crippen molar-refractivity contribution in [1.82, 2.24) is 14.1 Å². The highest BCUT2D eigenvalue weighted by atomic mass is 19.4. The Bertz CT molecular complexity index is 1110. The van der Waals surface area contributed by atoms with Crippen LogP contribution in [0.25, 0.3) is 11.0 Å². The van der Waals surface area contributed by atoms with Crippen molar-refractivity contribution in [3.05, 3.63) is 69.0 Å². The quantitative estimate of drug-likeness (QED) is 0.709. The maximum Gasteiger partial charge on any atom is 0.433 e. The van der Waals surface area contributed by atoms with E-state index in [2.05, 4.69) is 4.98 Å². The molecule has 0 amide bonds. The number of aliphatic hydroxyl groups is 1. The Morgan fingerprint density at radius 3 is 2.46 bits per heavy atom. The Labute approximate surface area is 156 Å². The highest BCUT2D eigenvalue weighted by Gasteiger charge is 2.33. The van der Waals surface area contributed by atoms with Crippen molar-refractivity contribution in [2.75, 3.05) is 6.61 Å². The molecule has 0 aliphatic heterocycles. The summed E-state index contributed by atoms with van der Waals surface area (Å²) in [6, 6.07) is 10.3. The van der Waals surface area contributed by atoms with Crippen LogP contribution in [0.5, 0.6) is 5.75 Å². The van der Waals surface area contributed by atoms with Crippen LogP contribution in [-0.4, -0.2) is 31.9 Å². The first-order valence-corrected chi connectivity index (χ1v) is 8.22. The molecule has 1 atom stereocenters. The van der Waals surface area contributed by atoms with Gasteiger partial charge in [0.05, 0.1) is 11.9 Å². The summed E-state index contributed by atoms with van der Waals surface area (Å²) in [4.78, 5) is 28.4. The van der Waals surface area contributed by atoms with Gasteiger partial charge in [0.15, 0.2) is 0 Å². The minimum atomic E-state index is -4.70. The molecule has 1 aromatic carbocycles. The number of halogens is 3. The number of benzene rings is 1. The van der Waals surface area contributed by atoms with Crippen LogP contribution < -0.4 is 16.0 Å². The summed E-state index contributed by atoms with van der Waals surface area (Å²) in [5.74, 6) is 0.504. The van der Waals surface area contributed by atoms with Crippen LogP contribution in [0.3, 0.4) is 0 Å². The minimum Gasteiger partial charge on any atom is -0.491 e. The SMILES string of the molecule is Cn1c(=O)n(C[C@@H](O)COc2ccccc2)c(=O)c2ccc(C(F)(F)F)nc21. The number of nitrogens with zero attached hydrogens (tertiary/aromatic N) is 3. The number of hydrogen-bond donors (Lipinski definition) is 1. The summed E-state index contributed by atoms with van der Waals surface area (Å²) in [6.07, 6.45) is -5.89. The van der Waals surface area contributed by atoms with Gasteiger partial charge in [0.2, 0.25) is 0 Å². The number of alkyl halides is 3. The van der Waals surface area contributed by atoms with E-state index >= 15 is 0 Å². The number of para-hydroxylation sites is 1. The highest BCUT2D eigenvalue weighted by Crippen LogP contribution is 2.28. The largest absolute Gasteiger partial charge is 0.491 e. The van der Waals surface area contributed by atoms with E-state index < -0.39 is 29.2 Å². The predicted octanol–water partition coefficient (Wildman–Crippen LogP) is 1.55. The number of hydrogen-bond acceptors (Lipinski definition) is 5. The average molecular weight is 395 g/mol. The van der Waals surface area contributed by atoms with Crippen LogP contribution >= 0.6 is 0 Å². The number of aromatic nitrogens is 3. The van der Waals surface area contributed by atoms with E-state index in [-0.39, 0.29) is 24.2 Å². The number of fused-ring (bicyclic) bond motifs is 1. The fourth-order valence-electron chi connectivity index (χ4n) is 2.67. The normalized spacial score (nSPS) is 12.9. The van der Waals surface area contributed by atoms with Crippen molar-refractivity contribution >= 4 is 11.0 Å². The Morgan fingerprint density at radius 1 is 1.14 bits per heavy atom. The second kappa shape index (κ2) is 7.47. The third-order valence-corrected chi connectivity index (χ3v) is 4.06. The number of ether oxygens (including phenoxy) is 1. The zero-order valence-corrected chi connectivity index (χ0v) is 14.7. The fraction of sp³-hybridized carbons (Fsp3) is 0.278. The van der Waals surface area contributed by atoms with Crippen molar-refractivity contribution in [1.29, 1.82) is 0 Å². The summed E-state index contributed by atoms with van der Waals surface area (Å²) >= 11 is 0. The molecule has 0 saturated carbocycles. The summed E-state index contributed by atoms with van der Waals surface area (Å²) < 4.78 is 45.5. The molecular weight excluding hydrogens is 379 g/mol. The molecule has 7 nitrogen and oxygen atoms in total. The maximum absolute atomic E-state index is 12.8. The van der Waals surface area contributed by atoms with Gasteiger partial charge in [0.1, 0.15) is 29.8 Å². The van der Waals surface area contributed by atoms with E-state index in [1.807, 2.05) is 0 Å². The molecule has 0 unspecified atom stereocenters. The molecule has 0 aliphatic rings. The van der Waals surface area contributed by atoms with Gasteiger partial charge in [-0.25, -0.2) is 9.78 Å². The van der Waals surface area contributed by atoms with Crippen molar-refractivity contribution < 1.29 is 23.0 Å².